The maximum atomic E-state index is 11.6. The number of nitrogens with one attached hydrogen (secondary N) is 2. The van der Waals surface area contributed by atoms with Gasteiger partial charge < -0.3 is 20.8 Å². The van der Waals surface area contributed by atoms with Crippen molar-refractivity contribution in [2.75, 3.05) is 0 Å². The molecule has 1 aromatic heterocycles. The molecule has 21 heavy (non-hydrogen) atoms. The number of pyridine rings is 1. The largest absolute Gasteiger partial charge is 0.481 e. The Bertz CT molecular complexity index is 492. The van der Waals surface area contributed by atoms with Crippen LogP contribution in [0, 0.1) is 0 Å². The molecule has 0 spiro atoms. The van der Waals surface area contributed by atoms with Gasteiger partial charge in [-0.3, -0.25) is 9.78 Å². The average Bonchev–Trinajstić information content (AvgIpc) is 2.44. The van der Waals surface area contributed by atoms with Crippen molar-refractivity contribution >= 4 is 18.0 Å². The molecule has 0 aliphatic rings. The predicted molar refractivity (Wildman–Crippen MR) is 72.5 cm³/mol. The van der Waals surface area contributed by atoms with Crippen molar-refractivity contribution in [1.29, 1.82) is 0 Å². The van der Waals surface area contributed by atoms with E-state index < -0.39 is 24.0 Å². The first kappa shape index (κ1) is 16.4. The van der Waals surface area contributed by atoms with Crippen LogP contribution in [0.5, 0.6) is 0 Å². The Morgan fingerprint density at radius 3 is 2.62 bits per heavy atom. The number of rotatable bonds is 8. The van der Waals surface area contributed by atoms with Crippen LogP contribution in [0.4, 0.5) is 4.79 Å². The monoisotopic (exact) mass is 295 g/mol. The highest BCUT2D eigenvalue weighted by atomic mass is 16.4. The third kappa shape index (κ3) is 6.90. The van der Waals surface area contributed by atoms with E-state index in [-0.39, 0.29) is 25.8 Å². The minimum atomic E-state index is -1.20. The molecule has 8 nitrogen and oxygen atoms in total. The van der Waals surface area contributed by atoms with Gasteiger partial charge in [0.15, 0.2) is 0 Å². The van der Waals surface area contributed by atoms with Crippen LogP contribution in [0.25, 0.3) is 0 Å². The number of nitrogens with zero attached hydrogens (tertiary/aromatic N) is 1. The lowest BCUT2D eigenvalue weighted by Gasteiger charge is -2.14. The van der Waals surface area contributed by atoms with Gasteiger partial charge >= 0.3 is 18.0 Å². The van der Waals surface area contributed by atoms with E-state index in [1.54, 1.807) is 24.5 Å². The van der Waals surface area contributed by atoms with Gasteiger partial charge in [0.25, 0.3) is 0 Å². The van der Waals surface area contributed by atoms with Gasteiger partial charge in [0, 0.05) is 25.4 Å². The number of carboxylic acids is 2. The van der Waals surface area contributed by atoms with E-state index in [2.05, 4.69) is 15.6 Å². The molecule has 1 heterocycles. The molecule has 0 bridgehead atoms. The Balaban J connectivity index is 2.38. The SMILES string of the molecule is O=C(O)CCC[C@@H](NC(=O)NCc1cccnc1)C(=O)O. The van der Waals surface area contributed by atoms with Crippen LogP contribution in [0.15, 0.2) is 24.5 Å². The zero-order chi connectivity index (χ0) is 15.7. The number of aliphatic carboxylic acids is 2. The van der Waals surface area contributed by atoms with Crippen LogP contribution >= 0.6 is 0 Å². The second kappa shape index (κ2) is 8.51. The van der Waals surface area contributed by atoms with Crippen LogP contribution < -0.4 is 10.6 Å². The lowest BCUT2D eigenvalue weighted by molar-refractivity contribution is -0.140. The second-order valence-electron chi connectivity index (χ2n) is 4.37. The molecule has 0 aliphatic heterocycles. The fraction of sp³-hybridized carbons (Fsp3) is 0.385. The van der Waals surface area contributed by atoms with E-state index in [4.69, 9.17) is 10.2 Å². The fourth-order valence-corrected chi connectivity index (χ4v) is 1.61. The molecule has 0 radical (unpaired) electrons. The van der Waals surface area contributed by atoms with E-state index in [0.29, 0.717) is 0 Å². The standard InChI is InChI=1S/C13H17N3O5/c17-11(18)5-1-4-10(12(19)20)16-13(21)15-8-9-3-2-6-14-7-9/h2-3,6-7,10H,1,4-5,8H2,(H,17,18)(H,19,20)(H2,15,16,21)/t10-/m1/s1. The van der Waals surface area contributed by atoms with Crippen molar-refractivity contribution in [3.05, 3.63) is 30.1 Å². The number of carbonyl (C=O) groups is 3. The predicted octanol–water partition coefficient (Wildman–Crippen LogP) is 0.589. The van der Waals surface area contributed by atoms with Crippen LogP contribution in [-0.2, 0) is 16.1 Å². The Hall–Kier alpha value is -2.64. The Labute approximate surface area is 121 Å². The van der Waals surface area contributed by atoms with Crippen LogP contribution in [-0.4, -0.2) is 39.2 Å². The van der Waals surface area contributed by atoms with Gasteiger partial charge in [-0.1, -0.05) is 6.07 Å². The number of amides is 2. The minimum Gasteiger partial charge on any atom is -0.481 e. The Morgan fingerprint density at radius 1 is 1.29 bits per heavy atom. The Morgan fingerprint density at radius 2 is 2.05 bits per heavy atom. The molecule has 0 unspecified atom stereocenters. The van der Waals surface area contributed by atoms with E-state index in [1.165, 1.54) is 0 Å². The number of urea groups is 1. The zero-order valence-corrected chi connectivity index (χ0v) is 11.3. The van der Waals surface area contributed by atoms with E-state index in [1.807, 2.05) is 0 Å². The smallest absolute Gasteiger partial charge is 0.326 e. The van der Waals surface area contributed by atoms with E-state index in [0.717, 1.165) is 5.56 Å². The zero-order valence-electron chi connectivity index (χ0n) is 11.3. The summed E-state index contributed by atoms with van der Waals surface area (Å²) in [7, 11) is 0. The number of aromatic nitrogens is 1. The first-order chi connectivity index (χ1) is 9.99. The van der Waals surface area contributed by atoms with Crippen molar-refractivity contribution in [1.82, 2.24) is 15.6 Å². The molecular formula is C13H17N3O5. The van der Waals surface area contributed by atoms with Crippen LogP contribution in [0.3, 0.4) is 0 Å². The summed E-state index contributed by atoms with van der Waals surface area (Å²) >= 11 is 0. The van der Waals surface area contributed by atoms with E-state index in [9.17, 15) is 14.4 Å². The summed E-state index contributed by atoms with van der Waals surface area (Å²) < 4.78 is 0. The molecule has 8 heteroatoms. The highest BCUT2D eigenvalue weighted by Gasteiger charge is 2.19. The van der Waals surface area contributed by atoms with Gasteiger partial charge in [0.2, 0.25) is 0 Å². The van der Waals surface area contributed by atoms with Crippen LogP contribution in [0.1, 0.15) is 24.8 Å². The molecule has 0 saturated heterocycles. The molecular weight excluding hydrogens is 278 g/mol. The minimum absolute atomic E-state index is 0.0575. The molecule has 114 valence electrons. The fourth-order valence-electron chi connectivity index (χ4n) is 1.61. The first-order valence-corrected chi connectivity index (χ1v) is 6.37. The molecule has 1 atom stereocenters. The van der Waals surface area contributed by atoms with E-state index >= 15 is 0 Å². The summed E-state index contributed by atoms with van der Waals surface area (Å²) in [5, 5.41) is 22.3. The maximum absolute atomic E-state index is 11.6. The molecule has 2 amide bonds. The van der Waals surface area contributed by atoms with Gasteiger partial charge in [0.1, 0.15) is 6.04 Å². The highest BCUT2D eigenvalue weighted by Crippen LogP contribution is 2.02. The quantitative estimate of drug-likeness (QED) is 0.555. The lowest BCUT2D eigenvalue weighted by atomic mass is 10.1. The number of carboxylic acid groups (broad SMARTS) is 2. The molecule has 4 N–H and O–H groups in total. The number of hydrogen-bond acceptors (Lipinski definition) is 4. The molecule has 0 fully saturated rings. The summed E-state index contributed by atoms with van der Waals surface area (Å²) in [6, 6.07) is 1.76. The summed E-state index contributed by atoms with van der Waals surface area (Å²) in [4.78, 5) is 36.9. The molecule has 1 rings (SSSR count). The second-order valence-corrected chi connectivity index (χ2v) is 4.37. The third-order valence-corrected chi connectivity index (χ3v) is 2.66. The third-order valence-electron chi connectivity index (χ3n) is 2.66. The van der Waals surface area contributed by atoms with Gasteiger partial charge in [-0.15, -0.1) is 0 Å². The summed E-state index contributed by atoms with van der Waals surface area (Å²) in [5.41, 5.74) is 0.783. The Kier molecular flexibility index (Phi) is 6.66. The van der Waals surface area contributed by atoms with Crippen molar-refractivity contribution in [2.24, 2.45) is 0 Å². The first-order valence-electron chi connectivity index (χ1n) is 6.37. The normalized spacial score (nSPS) is 11.4. The summed E-state index contributed by atoms with van der Waals surface area (Å²) in [6.07, 6.45) is 3.29. The van der Waals surface area contributed by atoms with Crippen molar-refractivity contribution in [3.63, 3.8) is 0 Å². The van der Waals surface area contributed by atoms with Crippen molar-refractivity contribution in [2.45, 2.75) is 31.8 Å². The highest BCUT2D eigenvalue weighted by molar-refractivity contribution is 5.82. The van der Waals surface area contributed by atoms with Gasteiger partial charge in [-0.25, -0.2) is 9.59 Å². The van der Waals surface area contributed by atoms with Gasteiger partial charge in [-0.2, -0.15) is 0 Å². The molecule has 0 aromatic carbocycles. The molecule has 0 saturated carbocycles. The number of hydrogen-bond donors (Lipinski definition) is 4. The van der Waals surface area contributed by atoms with Gasteiger partial charge in [0.05, 0.1) is 0 Å². The maximum Gasteiger partial charge on any atom is 0.326 e. The number of carbonyl (C=O) groups excluding carboxylic acids is 1. The molecule has 0 aliphatic carbocycles. The van der Waals surface area contributed by atoms with Gasteiger partial charge in [-0.05, 0) is 24.5 Å². The summed E-state index contributed by atoms with van der Waals surface area (Å²) in [5.74, 6) is -2.20. The molecule has 1 aromatic rings. The van der Waals surface area contributed by atoms with Crippen molar-refractivity contribution < 1.29 is 24.6 Å². The summed E-state index contributed by atoms with van der Waals surface area (Å²) in [6.45, 7) is 0.223. The average molecular weight is 295 g/mol. The van der Waals surface area contributed by atoms with Crippen molar-refractivity contribution in [3.8, 4) is 0 Å². The lowest BCUT2D eigenvalue weighted by Crippen LogP contribution is -2.45. The van der Waals surface area contributed by atoms with Crippen LogP contribution in [0.2, 0.25) is 0 Å². The topological polar surface area (TPSA) is 129 Å².